The fourth-order valence-corrected chi connectivity index (χ4v) is 3.29. The second kappa shape index (κ2) is 6.34. The molecule has 0 aromatic heterocycles. The molecular weight excluding hydrogens is 292 g/mol. The van der Waals surface area contributed by atoms with E-state index in [0.29, 0.717) is 6.42 Å². The lowest BCUT2D eigenvalue weighted by Crippen LogP contribution is -2.68. The Morgan fingerprint density at radius 3 is 2.33 bits per heavy atom. The minimum atomic E-state index is -3.24. The molecule has 122 valence electrons. The second-order valence-corrected chi connectivity index (χ2v) is 9.01. The summed E-state index contributed by atoms with van der Waals surface area (Å²) >= 11 is 0. The molecule has 0 aromatic rings. The summed E-state index contributed by atoms with van der Waals surface area (Å²) in [5.74, 6) is -0.539. The van der Waals surface area contributed by atoms with E-state index >= 15 is 0 Å². The second-order valence-electron chi connectivity index (χ2n) is 6.33. The number of carbonyl (C=O) groups is 2. The van der Waals surface area contributed by atoms with Gasteiger partial charge in [0.15, 0.2) is 9.84 Å². The van der Waals surface area contributed by atoms with Crippen LogP contribution in [0.15, 0.2) is 0 Å². The van der Waals surface area contributed by atoms with Crippen LogP contribution in [0.25, 0.3) is 0 Å². The van der Waals surface area contributed by atoms with Crippen LogP contribution in [0.4, 0.5) is 0 Å². The molecule has 1 fully saturated rings. The quantitative estimate of drug-likeness (QED) is 0.782. The molecule has 0 spiro atoms. The smallest absolute Gasteiger partial charge is 0.248 e. The maximum Gasteiger partial charge on any atom is 0.248 e. The summed E-state index contributed by atoms with van der Waals surface area (Å²) in [6.07, 6.45) is 1.29. The predicted molar refractivity (Wildman–Crippen MR) is 81.6 cm³/mol. The van der Waals surface area contributed by atoms with Crippen LogP contribution < -0.4 is 5.32 Å². The van der Waals surface area contributed by atoms with Crippen LogP contribution in [0, 0.1) is 0 Å². The first-order valence-electron chi connectivity index (χ1n) is 7.37. The third kappa shape index (κ3) is 3.96. The Balaban J connectivity index is 2.96. The van der Waals surface area contributed by atoms with E-state index in [2.05, 4.69) is 5.32 Å². The Labute approximate surface area is 127 Å². The Bertz CT molecular complexity index is 511. The van der Waals surface area contributed by atoms with E-state index in [4.69, 9.17) is 0 Å². The standard InChI is InChI=1S/C14H26N2O4S/c1-6-7-11-12(17)15-14(4,5)13(18)16(11)8-9-21(19,20)10(2)3/h10-11H,6-9H2,1-5H3,(H,15,17). The van der Waals surface area contributed by atoms with Crippen molar-refractivity contribution in [3.8, 4) is 0 Å². The van der Waals surface area contributed by atoms with Gasteiger partial charge in [-0.2, -0.15) is 0 Å². The first kappa shape index (κ1) is 17.9. The van der Waals surface area contributed by atoms with Crippen molar-refractivity contribution in [1.29, 1.82) is 0 Å². The normalized spacial score (nSPS) is 22.6. The lowest BCUT2D eigenvalue weighted by Gasteiger charge is -2.42. The summed E-state index contributed by atoms with van der Waals surface area (Å²) in [5, 5.41) is 2.23. The molecule has 1 heterocycles. The van der Waals surface area contributed by atoms with Gasteiger partial charge in [-0.25, -0.2) is 8.42 Å². The number of sulfone groups is 1. The van der Waals surface area contributed by atoms with Gasteiger partial charge in [0.25, 0.3) is 0 Å². The van der Waals surface area contributed by atoms with Crippen molar-refractivity contribution in [2.75, 3.05) is 12.3 Å². The highest BCUT2D eigenvalue weighted by Crippen LogP contribution is 2.21. The molecule has 0 aromatic carbocycles. The molecule has 21 heavy (non-hydrogen) atoms. The zero-order chi connectivity index (χ0) is 16.4. The van der Waals surface area contributed by atoms with Crippen molar-refractivity contribution in [3.63, 3.8) is 0 Å². The van der Waals surface area contributed by atoms with Gasteiger partial charge in [-0.05, 0) is 34.1 Å². The van der Waals surface area contributed by atoms with E-state index in [1.54, 1.807) is 27.7 Å². The number of nitrogens with one attached hydrogen (secondary N) is 1. The molecule has 1 aliphatic heterocycles. The largest absolute Gasteiger partial charge is 0.340 e. The predicted octanol–water partition coefficient (Wildman–Crippen LogP) is 0.715. The molecule has 1 N–H and O–H groups in total. The van der Waals surface area contributed by atoms with Gasteiger partial charge in [0.1, 0.15) is 11.6 Å². The summed E-state index contributed by atoms with van der Waals surface area (Å²) in [5.41, 5.74) is -0.983. The molecule has 1 atom stereocenters. The SMILES string of the molecule is CCCC1C(=O)NC(C)(C)C(=O)N1CCS(=O)(=O)C(C)C. The van der Waals surface area contributed by atoms with Crippen LogP contribution in [0.3, 0.4) is 0 Å². The van der Waals surface area contributed by atoms with Crippen molar-refractivity contribution in [2.45, 2.75) is 64.3 Å². The fourth-order valence-electron chi connectivity index (χ4n) is 2.37. The molecule has 0 bridgehead atoms. The van der Waals surface area contributed by atoms with E-state index in [9.17, 15) is 18.0 Å². The van der Waals surface area contributed by atoms with Crippen LogP contribution >= 0.6 is 0 Å². The van der Waals surface area contributed by atoms with E-state index in [1.807, 2.05) is 6.92 Å². The van der Waals surface area contributed by atoms with Gasteiger partial charge < -0.3 is 10.2 Å². The van der Waals surface area contributed by atoms with Gasteiger partial charge in [0.2, 0.25) is 11.8 Å². The maximum atomic E-state index is 12.5. The Kier molecular flexibility index (Phi) is 5.41. The molecule has 6 nitrogen and oxygen atoms in total. The summed E-state index contributed by atoms with van der Waals surface area (Å²) in [4.78, 5) is 26.1. The topological polar surface area (TPSA) is 83.6 Å². The molecule has 1 saturated heterocycles. The first-order valence-corrected chi connectivity index (χ1v) is 9.09. The molecule has 0 radical (unpaired) electrons. The Hall–Kier alpha value is -1.11. The number of hydrogen-bond donors (Lipinski definition) is 1. The van der Waals surface area contributed by atoms with Crippen LogP contribution in [0.1, 0.15) is 47.5 Å². The zero-order valence-corrected chi connectivity index (χ0v) is 14.3. The molecule has 2 amide bonds. The van der Waals surface area contributed by atoms with E-state index in [1.165, 1.54) is 4.90 Å². The van der Waals surface area contributed by atoms with Gasteiger partial charge in [-0.15, -0.1) is 0 Å². The minimum absolute atomic E-state index is 0.0703. The average Bonchev–Trinajstić information content (AvgIpc) is 2.35. The van der Waals surface area contributed by atoms with Crippen molar-refractivity contribution in [1.82, 2.24) is 10.2 Å². The number of hydrogen-bond acceptors (Lipinski definition) is 4. The van der Waals surface area contributed by atoms with Crippen LogP contribution in [0.2, 0.25) is 0 Å². The van der Waals surface area contributed by atoms with Gasteiger partial charge in [0, 0.05) is 6.54 Å². The van der Waals surface area contributed by atoms with Crippen molar-refractivity contribution >= 4 is 21.7 Å². The zero-order valence-electron chi connectivity index (χ0n) is 13.5. The Morgan fingerprint density at radius 2 is 1.86 bits per heavy atom. The summed E-state index contributed by atoms with van der Waals surface area (Å²) in [7, 11) is -3.24. The number of carbonyl (C=O) groups excluding carboxylic acids is 2. The maximum absolute atomic E-state index is 12.5. The average molecular weight is 318 g/mol. The van der Waals surface area contributed by atoms with Gasteiger partial charge >= 0.3 is 0 Å². The first-order chi connectivity index (χ1) is 9.53. The molecule has 1 unspecified atom stereocenters. The lowest BCUT2D eigenvalue weighted by molar-refractivity contribution is -0.153. The number of piperazine rings is 1. The minimum Gasteiger partial charge on any atom is -0.340 e. The van der Waals surface area contributed by atoms with E-state index < -0.39 is 26.7 Å². The molecule has 1 aliphatic rings. The molecule has 0 aliphatic carbocycles. The highest BCUT2D eigenvalue weighted by atomic mass is 32.2. The van der Waals surface area contributed by atoms with Gasteiger partial charge in [-0.3, -0.25) is 9.59 Å². The third-order valence-electron chi connectivity index (χ3n) is 3.81. The van der Waals surface area contributed by atoms with Crippen LogP contribution in [-0.2, 0) is 19.4 Å². The number of amides is 2. The molecule has 7 heteroatoms. The highest BCUT2D eigenvalue weighted by Gasteiger charge is 2.44. The van der Waals surface area contributed by atoms with E-state index in [0.717, 1.165) is 6.42 Å². The third-order valence-corrected chi connectivity index (χ3v) is 6.00. The van der Waals surface area contributed by atoms with Gasteiger partial charge in [0.05, 0.1) is 11.0 Å². The lowest BCUT2D eigenvalue weighted by atomic mass is 9.95. The van der Waals surface area contributed by atoms with Gasteiger partial charge in [-0.1, -0.05) is 13.3 Å². The summed E-state index contributed by atoms with van der Waals surface area (Å²) in [6.45, 7) is 8.52. The Morgan fingerprint density at radius 1 is 1.29 bits per heavy atom. The molecule has 1 rings (SSSR count). The number of nitrogens with zero attached hydrogens (tertiary/aromatic N) is 1. The summed E-state index contributed by atoms with van der Waals surface area (Å²) in [6, 6.07) is -0.571. The van der Waals surface area contributed by atoms with Crippen molar-refractivity contribution < 1.29 is 18.0 Å². The fraction of sp³-hybridized carbons (Fsp3) is 0.857. The molecule has 0 saturated carbocycles. The number of rotatable bonds is 6. The molecular formula is C14H26N2O4S. The highest BCUT2D eigenvalue weighted by molar-refractivity contribution is 7.92. The monoisotopic (exact) mass is 318 g/mol. The van der Waals surface area contributed by atoms with Crippen LogP contribution in [-0.4, -0.2) is 54.3 Å². The van der Waals surface area contributed by atoms with E-state index in [-0.39, 0.29) is 24.1 Å². The summed E-state index contributed by atoms with van der Waals surface area (Å²) < 4.78 is 23.9. The van der Waals surface area contributed by atoms with Crippen molar-refractivity contribution in [2.24, 2.45) is 0 Å². The van der Waals surface area contributed by atoms with Crippen LogP contribution in [0.5, 0.6) is 0 Å². The van der Waals surface area contributed by atoms with Crippen molar-refractivity contribution in [3.05, 3.63) is 0 Å².